The average Bonchev–Trinajstić information content (AvgIpc) is 2.28. The van der Waals surface area contributed by atoms with Crippen molar-refractivity contribution in [1.82, 2.24) is 5.32 Å². The van der Waals surface area contributed by atoms with Gasteiger partial charge in [0.15, 0.2) is 0 Å². The van der Waals surface area contributed by atoms with Gasteiger partial charge in [-0.25, -0.2) is 4.79 Å². The molecule has 16 heavy (non-hydrogen) atoms. The van der Waals surface area contributed by atoms with Crippen LogP contribution >= 0.6 is 11.6 Å². The van der Waals surface area contributed by atoms with Gasteiger partial charge in [0.1, 0.15) is 5.88 Å². The first-order valence-electron chi connectivity index (χ1n) is 4.39. The number of urea groups is 1. The molecule has 0 aliphatic carbocycles. The van der Waals surface area contributed by atoms with Crippen molar-refractivity contribution in [1.29, 1.82) is 0 Å². The summed E-state index contributed by atoms with van der Waals surface area (Å²) in [4.78, 5) is 22.0. The Bertz CT molecular complexity index is 452. The quantitative estimate of drug-likeness (QED) is 0.605. The van der Waals surface area contributed by atoms with Gasteiger partial charge in [0.05, 0.1) is 0 Å². The second-order valence-corrected chi connectivity index (χ2v) is 3.13. The highest BCUT2D eigenvalue weighted by atomic mass is 35.5. The van der Waals surface area contributed by atoms with Crippen LogP contribution in [0.5, 0.6) is 0 Å². The van der Waals surface area contributed by atoms with E-state index < -0.39 is 11.9 Å². The minimum Gasteiger partial charge on any atom is -0.308 e. The Labute approximate surface area is 98.0 Å². The molecule has 1 aromatic rings. The molecule has 0 bridgehead atoms. The minimum atomic E-state index is -0.639. The van der Waals surface area contributed by atoms with E-state index in [2.05, 4.69) is 11.2 Å². The van der Waals surface area contributed by atoms with E-state index in [-0.39, 0.29) is 5.88 Å². The second kappa shape index (κ2) is 5.79. The molecule has 0 heterocycles. The summed E-state index contributed by atoms with van der Waals surface area (Å²) in [5, 5.41) is 4.50. The average molecular weight is 237 g/mol. The van der Waals surface area contributed by atoms with Crippen LogP contribution in [0.4, 0.5) is 10.5 Å². The Morgan fingerprint density at radius 3 is 2.81 bits per heavy atom. The number of rotatable bonds is 2. The lowest BCUT2D eigenvalue weighted by Gasteiger charge is -2.05. The lowest BCUT2D eigenvalue weighted by Crippen LogP contribution is -2.35. The Morgan fingerprint density at radius 2 is 2.19 bits per heavy atom. The molecule has 82 valence electrons. The molecule has 2 N–H and O–H groups in total. The number of hydrogen-bond acceptors (Lipinski definition) is 2. The molecule has 1 aromatic carbocycles. The van der Waals surface area contributed by atoms with Gasteiger partial charge < -0.3 is 5.32 Å². The number of carbonyl (C=O) groups is 2. The van der Waals surface area contributed by atoms with Crippen molar-refractivity contribution in [2.75, 3.05) is 11.2 Å². The molecule has 0 saturated carbocycles. The molecule has 0 spiro atoms. The monoisotopic (exact) mass is 236 g/mol. The summed E-state index contributed by atoms with van der Waals surface area (Å²) in [6, 6.07) is 6.07. The van der Waals surface area contributed by atoms with Crippen LogP contribution in [0, 0.1) is 12.3 Å². The molecule has 0 radical (unpaired) electrons. The lowest BCUT2D eigenvalue weighted by molar-refractivity contribution is -0.117. The van der Waals surface area contributed by atoms with Crippen LogP contribution in [0.3, 0.4) is 0 Å². The number of benzene rings is 1. The standard InChI is InChI=1S/C11H9ClN2O2/c1-2-8-4-3-5-9(6-8)13-11(16)14-10(15)7-12/h1,3-6H,7H2,(H2,13,14,15,16). The van der Waals surface area contributed by atoms with Crippen molar-refractivity contribution >= 4 is 29.2 Å². The number of carbonyl (C=O) groups excluding carboxylic acids is 2. The van der Waals surface area contributed by atoms with Crippen LogP contribution in [0.2, 0.25) is 0 Å². The third kappa shape index (κ3) is 3.64. The van der Waals surface area contributed by atoms with Crippen LogP contribution in [0.25, 0.3) is 0 Å². The van der Waals surface area contributed by atoms with Gasteiger partial charge in [0.25, 0.3) is 0 Å². The molecule has 4 nitrogen and oxygen atoms in total. The molecule has 0 atom stereocenters. The molecule has 0 aliphatic rings. The minimum absolute atomic E-state index is 0.266. The second-order valence-electron chi connectivity index (χ2n) is 2.86. The highest BCUT2D eigenvalue weighted by molar-refractivity contribution is 6.28. The molecule has 0 unspecified atom stereocenters. The molecular formula is C11H9ClN2O2. The van der Waals surface area contributed by atoms with E-state index in [0.29, 0.717) is 11.3 Å². The van der Waals surface area contributed by atoms with E-state index in [4.69, 9.17) is 18.0 Å². The van der Waals surface area contributed by atoms with Crippen molar-refractivity contribution in [3.05, 3.63) is 29.8 Å². The maximum absolute atomic E-state index is 11.2. The number of amides is 3. The number of halogens is 1. The summed E-state index contributed by atoms with van der Waals surface area (Å²) in [6.07, 6.45) is 5.20. The van der Waals surface area contributed by atoms with E-state index in [9.17, 15) is 9.59 Å². The number of anilines is 1. The van der Waals surface area contributed by atoms with Crippen LogP contribution < -0.4 is 10.6 Å². The third-order valence-electron chi connectivity index (χ3n) is 1.66. The zero-order chi connectivity index (χ0) is 12.0. The molecule has 0 fully saturated rings. The van der Waals surface area contributed by atoms with Gasteiger partial charge in [-0.05, 0) is 18.2 Å². The molecule has 0 aromatic heterocycles. The first-order chi connectivity index (χ1) is 7.65. The third-order valence-corrected chi connectivity index (χ3v) is 1.90. The fourth-order valence-corrected chi connectivity index (χ4v) is 1.08. The van der Waals surface area contributed by atoms with E-state index >= 15 is 0 Å². The maximum Gasteiger partial charge on any atom is 0.325 e. The molecular weight excluding hydrogens is 228 g/mol. The first kappa shape index (κ1) is 12.1. The van der Waals surface area contributed by atoms with Gasteiger partial charge in [0, 0.05) is 11.3 Å². The van der Waals surface area contributed by atoms with Crippen LogP contribution in [0.15, 0.2) is 24.3 Å². The number of imide groups is 1. The summed E-state index contributed by atoms with van der Waals surface area (Å²) in [5.41, 5.74) is 1.15. The van der Waals surface area contributed by atoms with E-state index in [0.717, 1.165) is 0 Å². The Morgan fingerprint density at radius 1 is 1.44 bits per heavy atom. The lowest BCUT2D eigenvalue weighted by atomic mass is 10.2. The predicted molar refractivity (Wildman–Crippen MR) is 62.3 cm³/mol. The molecule has 0 saturated heterocycles. The van der Waals surface area contributed by atoms with Crippen LogP contribution in [-0.4, -0.2) is 17.8 Å². The largest absolute Gasteiger partial charge is 0.325 e. The topological polar surface area (TPSA) is 58.2 Å². The Kier molecular flexibility index (Phi) is 4.37. The molecule has 3 amide bonds. The fourth-order valence-electron chi connectivity index (χ4n) is 1.01. The first-order valence-corrected chi connectivity index (χ1v) is 4.92. The van der Waals surface area contributed by atoms with Gasteiger partial charge in [-0.1, -0.05) is 12.0 Å². The zero-order valence-corrected chi connectivity index (χ0v) is 9.04. The van der Waals surface area contributed by atoms with Gasteiger partial charge >= 0.3 is 6.03 Å². The van der Waals surface area contributed by atoms with E-state index in [1.54, 1.807) is 24.3 Å². The Hall–Kier alpha value is -1.99. The van der Waals surface area contributed by atoms with Gasteiger partial charge in [-0.2, -0.15) is 0 Å². The summed E-state index contributed by atoms with van der Waals surface area (Å²) in [6.45, 7) is 0. The van der Waals surface area contributed by atoms with Gasteiger partial charge in [-0.15, -0.1) is 18.0 Å². The fraction of sp³-hybridized carbons (Fsp3) is 0.0909. The maximum atomic E-state index is 11.2. The van der Waals surface area contributed by atoms with Crippen LogP contribution in [0.1, 0.15) is 5.56 Å². The summed E-state index contributed by atoms with van der Waals surface area (Å²) in [5.74, 6) is 1.60. The van der Waals surface area contributed by atoms with Gasteiger partial charge in [-0.3, -0.25) is 10.1 Å². The SMILES string of the molecule is C#Cc1cccc(NC(=O)NC(=O)CCl)c1. The van der Waals surface area contributed by atoms with Crippen molar-refractivity contribution in [2.45, 2.75) is 0 Å². The number of nitrogens with one attached hydrogen (secondary N) is 2. The van der Waals surface area contributed by atoms with Crippen LogP contribution in [-0.2, 0) is 4.79 Å². The van der Waals surface area contributed by atoms with Crippen molar-refractivity contribution in [3.8, 4) is 12.3 Å². The van der Waals surface area contributed by atoms with E-state index in [1.165, 1.54) is 0 Å². The van der Waals surface area contributed by atoms with Crippen molar-refractivity contribution in [3.63, 3.8) is 0 Å². The molecule has 1 rings (SSSR count). The number of terminal acetylenes is 1. The summed E-state index contributed by atoms with van der Waals surface area (Å²) >= 11 is 5.23. The molecule has 0 aliphatic heterocycles. The highest BCUT2D eigenvalue weighted by Gasteiger charge is 2.06. The Balaban J connectivity index is 2.63. The zero-order valence-electron chi connectivity index (χ0n) is 8.29. The number of alkyl halides is 1. The van der Waals surface area contributed by atoms with Gasteiger partial charge in [0.2, 0.25) is 5.91 Å². The highest BCUT2D eigenvalue weighted by Crippen LogP contribution is 2.09. The smallest absolute Gasteiger partial charge is 0.308 e. The van der Waals surface area contributed by atoms with E-state index in [1.807, 2.05) is 5.32 Å². The molecule has 5 heteroatoms. The summed E-state index contributed by atoms with van der Waals surface area (Å²) in [7, 11) is 0. The summed E-state index contributed by atoms with van der Waals surface area (Å²) < 4.78 is 0. The number of hydrogen-bond donors (Lipinski definition) is 2. The van der Waals surface area contributed by atoms with Crippen molar-refractivity contribution in [2.24, 2.45) is 0 Å². The normalized spacial score (nSPS) is 9.00. The predicted octanol–water partition coefficient (Wildman–Crippen LogP) is 1.55. The van der Waals surface area contributed by atoms with Crippen molar-refractivity contribution < 1.29 is 9.59 Å².